The summed E-state index contributed by atoms with van der Waals surface area (Å²) in [5.74, 6) is 0.0622. The van der Waals surface area contributed by atoms with Crippen molar-refractivity contribution in [1.82, 2.24) is 20.0 Å². The summed E-state index contributed by atoms with van der Waals surface area (Å²) in [6, 6.07) is 9.22. The quantitative estimate of drug-likeness (QED) is 0.774. The number of para-hydroxylation sites is 1. The van der Waals surface area contributed by atoms with Gasteiger partial charge in [-0.3, -0.25) is 14.3 Å². The maximum atomic E-state index is 13.2. The molecule has 7 heteroatoms. The Morgan fingerprint density at radius 1 is 1.22 bits per heavy atom. The summed E-state index contributed by atoms with van der Waals surface area (Å²) in [5.41, 5.74) is 2.37. The van der Waals surface area contributed by atoms with Crippen LogP contribution in [0.25, 0.3) is 11.0 Å². The third-order valence-electron chi connectivity index (χ3n) is 5.35. The van der Waals surface area contributed by atoms with Crippen LogP contribution in [0.5, 0.6) is 0 Å². The summed E-state index contributed by atoms with van der Waals surface area (Å²) in [7, 11) is 0. The van der Waals surface area contributed by atoms with Crippen molar-refractivity contribution in [1.29, 1.82) is 0 Å². The molecule has 27 heavy (non-hydrogen) atoms. The topological polar surface area (TPSA) is 80.4 Å². The molecule has 1 N–H and O–H groups in total. The van der Waals surface area contributed by atoms with Gasteiger partial charge in [-0.2, -0.15) is 5.10 Å². The molecule has 7 nitrogen and oxygen atoms in total. The minimum Gasteiger partial charge on any atom is -0.451 e. The molecule has 5 rings (SSSR count). The van der Waals surface area contributed by atoms with Crippen molar-refractivity contribution < 1.29 is 14.0 Å². The van der Waals surface area contributed by atoms with Gasteiger partial charge in [-0.05, 0) is 31.9 Å². The second kappa shape index (κ2) is 5.97. The number of carbonyl (C=O) groups excluding carboxylic acids is 2. The molecule has 0 radical (unpaired) electrons. The number of hydrogen-bond donors (Lipinski definition) is 1. The maximum Gasteiger partial charge on any atom is 0.290 e. The zero-order valence-corrected chi connectivity index (χ0v) is 15.0. The van der Waals surface area contributed by atoms with Crippen molar-refractivity contribution in [3.8, 4) is 0 Å². The van der Waals surface area contributed by atoms with Crippen molar-refractivity contribution in [3.05, 3.63) is 53.5 Å². The number of rotatable bonds is 3. The molecule has 1 atom stereocenters. The van der Waals surface area contributed by atoms with Crippen molar-refractivity contribution in [2.75, 3.05) is 6.54 Å². The Morgan fingerprint density at radius 3 is 2.81 bits per heavy atom. The number of furan rings is 1. The molecule has 138 valence electrons. The number of carbonyl (C=O) groups is 2. The first-order valence-corrected chi connectivity index (χ1v) is 9.22. The highest BCUT2D eigenvalue weighted by Gasteiger charge is 2.36. The standard InChI is InChI=1S/C20H20N4O3/c1-12-15-4-2-3-5-17(15)27-18(12)20(26)23-10-14-8-9-21-24(14)16(11-23)19(25)22-13-6-7-13/h2-5,8-9,13,16H,6-7,10-11H2,1H3,(H,22,25)/t16-/m0/s1. The van der Waals surface area contributed by atoms with E-state index in [9.17, 15) is 9.59 Å². The SMILES string of the molecule is Cc1c(C(=O)N2Cc3ccnn3[C@H](C(=O)NC3CC3)C2)oc2ccccc12. The van der Waals surface area contributed by atoms with E-state index < -0.39 is 6.04 Å². The zero-order chi connectivity index (χ0) is 18.5. The summed E-state index contributed by atoms with van der Waals surface area (Å²) >= 11 is 0. The van der Waals surface area contributed by atoms with E-state index in [1.54, 1.807) is 15.8 Å². The lowest BCUT2D eigenvalue weighted by Crippen LogP contribution is -2.47. The predicted molar refractivity (Wildman–Crippen MR) is 98.1 cm³/mol. The van der Waals surface area contributed by atoms with Crippen LogP contribution >= 0.6 is 0 Å². The number of nitrogens with zero attached hydrogens (tertiary/aromatic N) is 3. The zero-order valence-electron chi connectivity index (χ0n) is 15.0. The van der Waals surface area contributed by atoms with Gasteiger partial charge in [0, 0.05) is 23.2 Å². The Balaban J connectivity index is 1.46. The molecule has 2 aliphatic rings. The van der Waals surface area contributed by atoms with Crippen LogP contribution in [0.4, 0.5) is 0 Å². The van der Waals surface area contributed by atoms with Gasteiger partial charge in [-0.25, -0.2) is 0 Å². The fourth-order valence-corrected chi connectivity index (χ4v) is 3.69. The largest absolute Gasteiger partial charge is 0.451 e. The van der Waals surface area contributed by atoms with Crippen LogP contribution in [0.2, 0.25) is 0 Å². The summed E-state index contributed by atoms with van der Waals surface area (Å²) in [6.07, 6.45) is 3.71. The predicted octanol–water partition coefficient (Wildman–Crippen LogP) is 2.41. The number of fused-ring (bicyclic) bond motifs is 2. The number of nitrogens with one attached hydrogen (secondary N) is 1. The summed E-state index contributed by atoms with van der Waals surface area (Å²) in [5, 5.41) is 8.26. The molecular weight excluding hydrogens is 344 g/mol. The van der Waals surface area contributed by atoms with Gasteiger partial charge in [0.05, 0.1) is 18.8 Å². The van der Waals surface area contributed by atoms with Crippen molar-refractivity contribution in [3.63, 3.8) is 0 Å². The summed E-state index contributed by atoms with van der Waals surface area (Å²) in [4.78, 5) is 27.6. The third-order valence-corrected chi connectivity index (χ3v) is 5.35. The monoisotopic (exact) mass is 364 g/mol. The molecule has 2 amide bonds. The van der Waals surface area contributed by atoms with Gasteiger partial charge in [-0.1, -0.05) is 18.2 Å². The first-order chi connectivity index (χ1) is 13.1. The highest BCUT2D eigenvalue weighted by molar-refractivity contribution is 5.99. The average Bonchev–Trinajstić information content (AvgIpc) is 3.25. The Bertz CT molecular complexity index is 1050. The van der Waals surface area contributed by atoms with Gasteiger partial charge in [0.1, 0.15) is 11.6 Å². The van der Waals surface area contributed by atoms with E-state index in [2.05, 4.69) is 10.4 Å². The van der Waals surface area contributed by atoms with Gasteiger partial charge in [0.2, 0.25) is 5.91 Å². The van der Waals surface area contributed by atoms with Gasteiger partial charge in [-0.15, -0.1) is 0 Å². The van der Waals surface area contributed by atoms with E-state index >= 15 is 0 Å². The normalized spacial score (nSPS) is 19.1. The molecule has 1 aliphatic carbocycles. The molecular formula is C20H20N4O3. The highest BCUT2D eigenvalue weighted by Crippen LogP contribution is 2.29. The number of aromatic nitrogens is 2. The first kappa shape index (κ1) is 16.1. The van der Waals surface area contributed by atoms with Crippen LogP contribution in [0, 0.1) is 6.92 Å². The van der Waals surface area contributed by atoms with E-state index in [1.807, 2.05) is 37.3 Å². The van der Waals surface area contributed by atoms with Gasteiger partial charge in [0.25, 0.3) is 5.91 Å². The number of aryl methyl sites for hydroxylation is 1. The van der Waals surface area contributed by atoms with Gasteiger partial charge < -0.3 is 14.6 Å². The van der Waals surface area contributed by atoms with E-state index in [4.69, 9.17) is 4.42 Å². The van der Waals surface area contributed by atoms with Crippen LogP contribution in [0.15, 0.2) is 40.9 Å². The molecule has 1 aliphatic heterocycles. The lowest BCUT2D eigenvalue weighted by atomic mass is 10.1. The van der Waals surface area contributed by atoms with Crippen molar-refractivity contribution >= 4 is 22.8 Å². The molecule has 0 saturated heterocycles. The maximum absolute atomic E-state index is 13.2. The summed E-state index contributed by atoms with van der Waals surface area (Å²) in [6.45, 7) is 2.58. The first-order valence-electron chi connectivity index (χ1n) is 9.22. The van der Waals surface area contributed by atoms with E-state index in [0.29, 0.717) is 17.9 Å². The average molecular weight is 364 g/mol. The Labute approximate surface area is 155 Å². The molecule has 2 aromatic heterocycles. The highest BCUT2D eigenvalue weighted by atomic mass is 16.3. The van der Waals surface area contributed by atoms with Crippen LogP contribution in [-0.4, -0.2) is 39.1 Å². The van der Waals surface area contributed by atoms with E-state index in [0.717, 1.165) is 29.5 Å². The molecule has 0 unspecified atom stereocenters. The number of hydrogen-bond acceptors (Lipinski definition) is 4. The molecule has 1 fully saturated rings. The fourth-order valence-electron chi connectivity index (χ4n) is 3.69. The third kappa shape index (κ3) is 2.70. The number of amides is 2. The Morgan fingerprint density at radius 2 is 2.04 bits per heavy atom. The molecule has 3 aromatic rings. The second-order valence-electron chi connectivity index (χ2n) is 7.30. The molecule has 1 saturated carbocycles. The minimum absolute atomic E-state index is 0.0822. The Kier molecular flexibility index (Phi) is 3.56. The van der Waals surface area contributed by atoms with Crippen molar-refractivity contribution in [2.24, 2.45) is 0 Å². The van der Waals surface area contributed by atoms with E-state index in [-0.39, 0.29) is 24.4 Å². The van der Waals surface area contributed by atoms with Gasteiger partial charge >= 0.3 is 0 Å². The minimum atomic E-state index is -0.516. The molecule has 1 aromatic carbocycles. The van der Waals surface area contributed by atoms with Crippen LogP contribution in [0.3, 0.4) is 0 Å². The molecule has 0 bridgehead atoms. The van der Waals surface area contributed by atoms with E-state index in [1.165, 1.54) is 0 Å². The fraction of sp³-hybridized carbons (Fsp3) is 0.350. The number of benzene rings is 1. The molecule has 0 spiro atoms. The van der Waals surface area contributed by atoms with Crippen molar-refractivity contribution in [2.45, 2.75) is 38.4 Å². The van der Waals surface area contributed by atoms with Crippen LogP contribution in [-0.2, 0) is 11.3 Å². The summed E-state index contributed by atoms with van der Waals surface area (Å²) < 4.78 is 7.57. The smallest absolute Gasteiger partial charge is 0.290 e. The van der Waals surface area contributed by atoms with Crippen LogP contribution in [0.1, 0.15) is 40.7 Å². The lowest BCUT2D eigenvalue weighted by Gasteiger charge is -2.32. The molecule has 3 heterocycles. The van der Waals surface area contributed by atoms with Crippen LogP contribution < -0.4 is 5.32 Å². The Hall–Kier alpha value is -3.09. The lowest BCUT2D eigenvalue weighted by molar-refractivity contribution is -0.125. The second-order valence-corrected chi connectivity index (χ2v) is 7.30. The van der Waals surface area contributed by atoms with Gasteiger partial charge in [0.15, 0.2) is 5.76 Å².